The second-order valence-electron chi connectivity index (χ2n) is 5.47. The summed E-state index contributed by atoms with van der Waals surface area (Å²) in [6.07, 6.45) is 1.68. The molecule has 1 aromatic heterocycles. The third-order valence-electron chi connectivity index (χ3n) is 3.92. The fraction of sp³-hybridized carbons (Fsp3) is 0.222. The number of ketones is 1. The molecule has 1 amide bonds. The van der Waals surface area contributed by atoms with Crippen molar-refractivity contribution >= 4 is 17.4 Å². The highest BCUT2D eigenvalue weighted by molar-refractivity contribution is 6.16. The van der Waals surface area contributed by atoms with Gasteiger partial charge in [-0.15, -0.1) is 0 Å². The van der Waals surface area contributed by atoms with Crippen molar-refractivity contribution in [3.8, 4) is 0 Å². The molecule has 0 radical (unpaired) electrons. The van der Waals surface area contributed by atoms with Crippen molar-refractivity contribution in [2.75, 3.05) is 4.90 Å². The Balaban J connectivity index is 2.16. The first-order valence-corrected chi connectivity index (χ1v) is 7.44. The third kappa shape index (κ3) is 2.44. The summed E-state index contributed by atoms with van der Waals surface area (Å²) in [7, 11) is 0. The number of aliphatic hydroxyl groups is 1. The SMILES string of the molecule is CCC(=O)C1=C(O)C(=O)N(c2cccc(C)c2)C1c1ccco1. The van der Waals surface area contributed by atoms with Crippen LogP contribution in [0, 0.1) is 6.92 Å². The molecule has 5 heteroatoms. The standard InChI is InChI=1S/C18H17NO4/c1-3-13(20)15-16(14-8-5-9-23-14)19(18(22)17(15)21)12-7-4-6-11(2)10-12/h4-10,16,21H,3H2,1-2H3. The maximum Gasteiger partial charge on any atom is 0.294 e. The number of nitrogens with zero attached hydrogens (tertiary/aromatic N) is 1. The first kappa shape index (κ1) is 15.1. The van der Waals surface area contributed by atoms with Crippen LogP contribution in [0.15, 0.2) is 58.4 Å². The van der Waals surface area contributed by atoms with Crippen LogP contribution >= 0.6 is 0 Å². The molecule has 0 aliphatic carbocycles. The number of benzene rings is 1. The molecule has 0 bridgehead atoms. The lowest BCUT2D eigenvalue weighted by Gasteiger charge is -2.25. The Morgan fingerprint density at radius 2 is 2.09 bits per heavy atom. The van der Waals surface area contributed by atoms with E-state index >= 15 is 0 Å². The van der Waals surface area contributed by atoms with Crippen molar-refractivity contribution in [3.63, 3.8) is 0 Å². The molecule has 1 aliphatic heterocycles. The largest absolute Gasteiger partial charge is 0.503 e. The van der Waals surface area contributed by atoms with Crippen LogP contribution in [0.5, 0.6) is 0 Å². The predicted molar refractivity (Wildman–Crippen MR) is 85.1 cm³/mol. The Morgan fingerprint density at radius 3 is 2.70 bits per heavy atom. The predicted octanol–water partition coefficient (Wildman–Crippen LogP) is 3.47. The molecule has 2 aromatic rings. The van der Waals surface area contributed by atoms with Gasteiger partial charge in [-0.25, -0.2) is 0 Å². The van der Waals surface area contributed by atoms with E-state index in [2.05, 4.69) is 0 Å². The molecule has 1 aliphatic rings. The zero-order chi connectivity index (χ0) is 16.6. The Labute approximate surface area is 133 Å². The first-order valence-electron chi connectivity index (χ1n) is 7.44. The highest BCUT2D eigenvalue weighted by Crippen LogP contribution is 2.41. The molecule has 0 saturated carbocycles. The maximum atomic E-state index is 12.6. The lowest BCUT2D eigenvalue weighted by Crippen LogP contribution is -2.30. The smallest absolute Gasteiger partial charge is 0.294 e. The number of rotatable bonds is 4. The lowest BCUT2D eigenvalue weighted by atomic mass is 9.99. The molecule has 0 fully saturated rings. The molecular formula is C18H17NO4. The van der Waals surface area contributed by atoms with E-state index in [0.29, 0.717) is 11.4 Å². The summed E-state index contributed by atoms with van der Waals surface area (Å²) in [4.78, 5) is 26.3. The fourth-order valence-electron chi connectivity index (χ4n) is 2.84. The summed E-state index contributed by atoms with van der Waals surface area (Å²) in [5.41, 5.74) is 1.68. The van der Waals surface area contributed by atoms with Crippen LogP contribution in [-0.4, -0.2) is 16.8 Å². The van der Waals surface area contributed by atoms with Gasteiger partial charge >= 0.3 is 0 Å². The monoisotopic (exact) mass is 311 g/mol. The average Bonchev–Trinajstić information content (AvgIpc) is 3.14. The normalized spacial score (nSPS) is 17.9. The fourth-order valence-corrected chi connectivity index (χ4v) is 2.84. The molecule has 0 saturated heterocycles. The number of anilines is 1. The molecule has 1 atom stereocenters. The van der Waals surface area contributed by atoms with E-state index in [1.165, 1.54) is 11.2 Å². The number of carbonyl (C=O) groups excluding carboxylic acids is 2. The van der Waals surface area contributed by atoms with Gasteiger partial charge in [-0.2, -0.15) is 0 Å². The minimum Gasteiger partial charge on any atom is -0.503 e. The number of aryl methyl sites for hydroxylation is 1. The number of aliphatic hydroxyl groups excluding tert-OH is 1. The van der Waals surface area contributed by atoms with Gasteiger partial charge in [0.1, 0.15) is 11.8 Å². The summed E-state index contributed by atoms with van der Waals surface area (Å²) in [6, 6.07) is 9.99. The molecule has 23 heavy (non-hydrogen) atoms. The minimum absolute atomic E-state index is 0.0916. The van der Waals surface area contributed by atoms with Crippen LogP contribution in [0.2, 0.25) is 0 Å². The van der Waals surface area contributed by atoms with Crippen LogP contribution in [0.3, 0.4) is 0 Å². The maximum absolute atomic E-state index is 12.6. The van der Waals surface area contributed by atoms with Crippen LogP contribution < -0.4 is 4.90 Å². The van der Waals surface area contributed by atoms with Gasteiger partial charge < -0.3 is 9.52 Å². The third-order valence-corrected chi connectivity index (χ3v) is 3.92. The summed E-state index contributed by atoms with van der Waals surface area (Å²) in [5.74, 6) is -0.915. The number of amides is 1. The van der Waals surface area contributed by atoms with Crippen molar-refractivity contribution in [1.29, 1.82) is 0 Å². The molecule has 5 nitrogen and oxygen atoms in total. The quantitative estimate of drug-likeness (QED) is 0.938. The van der Waals surface area contributed by atoms with Crippen molar-refractivity contribution in [2.45, 2.75) is 26.3 Å². The van der Waals surface area contributed by atoms with E-state index in [0.717, 1.165) is 5.56 Å². The van der Waals surface area contributed by atoms with Gasteiger partial charge in [0.2, 0.25) is 0 Å². The Morgan fingerprint density at radius 1 is 1.30 bits per heavy atom. The summed E-state index contributed by atoms with van der Waals surface area (Å²) < 4.78 is 5.43. The second kappa shape index (κ2) is 5.76. The number of furan rings is 1. The first-order chi connectivity index (χ1) is 11.0. The van der Waals surface area contributed by atoms with Gasteiger partial charge in [0.15, 0.2) is 11.5 Å². The Hall–Kier alpha value is -2.82. The highest BCUT2D eigenvalue weighted by Gasteiger charge is 2.45. The van der Waals surface area contributed by atoms with E-state index in [9.17, 15) is 14.7 Å². The Bertz CT molecular complexity index is 789. The van der Waals surface area contributed by atoms with Gasteiger partial charge in [0.05, 0.1) is 11.8 Å². The van der Waals surface area contributed by atoms with Crippen LogP contribution in [0.25, 0.3) is 0 Å². The molecule has 2 heterocycles. The van der Waals surface area contributed by atoms with Crippen LogP contribution in [0.1, 0.15) is 30.7 Å². The van der Waals surface area contributed by atoms with Crippen molar-refractivity contribution < 1.29 is 19.1 Å². The minimum atomic E-state index is -0.744. The van der Waals surface area contributed by atoms with Crippen LogP contribution in [0.4, 0.5) is 5.69 Å². The zero-order valence-corrected chi connectivity index (χ0v) is 12.9. The van der Waals surface area contributed by atoms with E-state index < -0.39 is 17.7 Å². The number of carbonyl (C=O) groups is 2. The van der Waals surface area contributed by atoms with Gasteiger partial charge in [-0.3, -0.25) is 14.5 Å². The zero-order valence-electron chi connectivity index (χ0n) is 12.9. The number of hydrogen-bond acceptors (Lipinski definition) is 4. The molecule has 1 aromatic carbocycles. The summed E-state index contributed by atoms with van der Waals surface area (Å²) in [6.45, 7) is 3.61. The topological polar surface area (TPSA) is 70.8 Å². The van der Waals surface area contributed by atoms with Crippen molar-refractivity contribution in [2.24, 2.45) is 0 Å². The molecule has 3 rings (SSSR count). The van der Waals surface area contributed by atoms with E-state index in [1.807, 2.05) is 25.1 Å². The molecule has 118 valence electrons. The lowest BCUT2D eigenvalue weighted by molar-refractivity contribution is -0.118. The van der Waals surface area contributed by atoms with E-state index in [-0.39, 0.29) is 17.8 Å². The molecule has 1 unspecified atom stereocenters. The van der Waals surface area contributed by atoms with Gasteiger partial charge in [-0.05, 0) is 36.8 Å². The second-order valence-corrected chi connectivity index (χ2v) is 5.47. The van der Waals surface area contributed by atoms with Crippen LogP contribution in [-0.2, 0) is 9.59 Å². The molecular weight excluding hydrogens is 294 g/mol. The average molecular weight is 311 g/mol. The Kier molecular flexibility index (Phi) is 3.78. The van der Waals surface area contributed by atoms with Crippen molar-refractivity contribution in [3.05, 3.63) is 65.3 Å². The summed E-state index contributed by atoms with van der Waals surface area (Å²) >= 11 is 0. The van der Waals surface area contributed by atoms with Gasteiger partial charge in [0.25, 0.3) is 5.91 Å². The highest BCUT2D eigenvalue weighted by atomic mass is 16.3. The van der Waals surface area contributed by atoms with Gasteiger partial charge in [0, 0.05) is 12.1 Å². The summed E-state index contributed by atoms with van der Waals surface area (Å²) in [5, 5.41) is 10.3. The van der Waals surface area contributed by atoms with E-state index in [1.54, 1.807) is 25.1 Å². The molecule has 0 spiro atoms. The van der Waals surface area contributed by atoms with E-state index in [4.69, 9.17) is 4.42 Å². The molecule has 1 N–H and O–H groups in total. The number of hydrogen-bond donors (Lipinski definition) is 1. The van der Waals surface area contributed by atoms with Crippen molar-refractivity contribution in [1.82, 2.24) is 0 Å². The number of Topliss-reactive ketones (excluding diaryl/α,β-unsaturated/α-hetero) is 1. The van der Waals surface area contributed by atoms with Gasteiger partial charge in [-0.1, -0.05) is 19.1 Å².